The second-order valence-corrected chi connectivity index (χ2v) is 7.33. The third kappa shape index (κ3) is 2.29. The van der Waals surface area contributed by atoms with Crippen molar-refractivity contribution in [1.82, 2.24) is 19.6 Å². The molecular weight excluding hydrogens is 328 g/mol. The van der Waals surface area contributed by atoms with Gasteiger partial charge in [-0.05, 0) is 36.8 Å². The molecule has 4 rings (SSSR count). The number of imide groups is 1. The average Bonchev–Trinajstić information content (AvgIpc) is 3.08. The van der Waals surface area contributed by atoms with E-state index in [2.05, 4.69) is 10.3 Å². The van der Waals surface area contributed by atoms with Crippen molar-refractivity contribution in [2.24, 2.45) is 0 Å². The smallest absolute Gasteiger partial charge is 0.322 e. The first-order valence-corrected chi connectivity index (χ1v) is 8.85. The van der Waals surface area contributed by atoms with E-state index in [1.807, 2.05) is 13.0 Å². The molecule has 1 atom stereocenters. The Bertz CT molecular complexity index is 917. The minimum Gasteiger partial charge on any atom is -0.322 e. The van der Waals surface area contributed by atoms with Crippen LogP contribution in [-0.4, -0.2) is 43.3 Å². The molecule has 2 aromatic heterocycles. The fourth-order valence-electron chi connectivity index (χ4n) is 3.15. The van der Waals surface area contributed by atoms with E-state index >= 15 is 0 Å². The Hall–Kier alpha value is -2.35. The molecule has 1 N–H and O–H groups in total. The minimum atomic E-state index is -0.774. The number of rotatable bonds is 2. The molecule has 2 aromatic rings. The Balaban J connectivity index is 1.68. The van der Waals surface area contributed by atoms with Crippen molar-refractivity contribution in [1.29, 1.82) is 0 Å². The fraction of sp³-hybridized carbons (Fsp3) is 0.375. The number of urea groups is 1. The highest BCUT2D eigenvalue weighted by molar-refractivity contribution is 7.99. The van der Waals surface area contributed by atoms with Gasteiger partial charge in [0.15, 0.2) is 0 Å². The van der Waals surface area contributed by atoms with Crippen LogP contribution in [0.4, 0.5) is 4.79 Å². The molecule has 8 heteroatoms. The number of carbonyl (C=O) groups is 2. The maximum absolute atomic E-state index is 12.7. The van der Waals surface area contributed by atoms with Crippen molar-refractivity contribution in [3.05, 3.63) is 46.0 Å². The summed E-state index contributed by atoms with van der Waals surface area (Å²) in [6.45, 7) is 1.93. The van der Waals surface area contributed by atoms with Gasteiger partial charge in [-0.3, -0.25) is 18.9 Å². The lowest BCUT2D eigenvalue weighted by molar-refractivity contribution is -0.130. The minimum absolute atomic E-state index is 0.0107. The molecule has 1 unspecified atom stereocenters. The molecule has 0 radical (unpaired) electrons. The highest BCUT2D eigenvalue weighted by Gasteiger charge is 2.52. The van der Waals surface area contributed by atoms with Crippen molar-refractivity contribution < 1.29 is 9.59 Å². The van der Waals surface area contributed by atoms with Crippen molar-refractivity contribution in [3.8, 4) is 0 Å². The zero-order chi connectivity index (χ0) is 16.9. The van der Waals surface area contributed by atoms with E-state index in [0.717, 1.165) is 11.3 Å². The van der Waals surface area contributed by atoms with Crippen LogP contribution in [0.1, 0.15) is 17.7 Å². The zero-order valence-corrected chi connectivity index (χ0v) is 13.9. The number of aromatic nitrogens is 2. The number of nitrogens with zero attached hydrogens (tertiary/aromatic N) is 3. The molecule has 3 amide bonds. The van der Waals surface area contributed by atoms with Gasteiger partial charge in [-0.25, -0.2) is 9.78 Å². The van der Waals surface area contributed by atoms with Gasteiger partial charge in [0.25, 0.3) is 11.5 Å². The third-order valence-corrected chi connectivity index (χ3v) is 5.65. The first-order valence-electron chi connectivity index (χ1n) is 7.69. The number of fused-ring (bicyclic) bond motifs is 1. The third-order valence-electron chi connectivity index (χ3n) is 4.46. The largest absolute Gasteiger partial charge is 0.325 e. The van der Waals surface area contributed by atoms with Gasteiger partial charge in [-0.2, -0.15) is 11.8 Å². The van der Waals surface area contributed by atoms with Crippen molar-refractivity contribution in [3.63, 3.8) is 0 Å². The summed E-state index contributed by atoms with van der Waals surface area (Å²) in [7, 11) is 0. The van der Waals surface area contributed by atoms with Crippen LogP contribution in [0.5, 0.6) is 0 Å². The van der Waals surface area contributed by atoms with Crippen molar-refractivity contribution in [2.75, 3.05) is 11.5 Å². The standard InChI is InChI=1S/C16H16N4O3S/c1-10-2-4-19-12(6-10)17-11(7-13(19)21)8-20-14(22)16(18-15(20)23)3-5-24-9-16/h2,4,6-7H,3,5,8-9H2,1H3,(H,18,23). The predicted molar refractivity (Wildman–Crippen MR) is 90.0 cm³/mol. The molecule has 4 heterocycles. The van der Waals surface area contributed by atoms with E-state index in [1.165, 1.54) is 15.4 Å². The van der Waals surface area contributed by atoms with Gasteiger partial charge in [-0.1, -0.05) is 0 Å². The summed E-state index contributed by atoms with van der Waals surface area (Å²) in [6, 6.07) is 4.59. The normalized spacial score (nSPS) is 23.5. The molecule has 24 heavy (non-hydrogen) atoms. The van der Waals surface area contributed by atoms with Gasteiger partial charge in [0.1, 0.15) is 11.2 Å². The lowest BCUT2D eigenvalue weighted by Crippen LogP contribution is -2.46. The summed E-state index contributed by atoms with van der Waals surface area (Å²) in [6.07, 6.45) is 2.31. The Morgan fingerprint density at radius 2 is 2.17 bits per heavy atom. The monoisotopic (exact) mass is 344 g/mol. The lowest BCUT2D eigenvalue weighted by Gasteiger charge is -2.19. The van der Waals surface area contributed by atoms with Crippen molar-refractivity contribution in [2.45, 2.75) is 25.4 Å². The summed E-state index contributed by atoms with van der Waals surface area (Å²) < 4.78 is 1.44. The molecule has 2 aliphatic rings. The van der Waals surface area contributed by atoms with Gasteiger partial charge in [0.2, 0.25) is 0 Å². The van der Waals surface area contributed by atoms with Gasteiger partial charge >= 0.3 is 6.03 Å². The van der Waals surface area contributed by atoms with E-state index in [1.54, 1.807) is 24.0 Å². The summed E-state index contributed by atoms with van der Waals surface area (Å²) >= 11 is 1.66. The SMILES string of the molecule is Cc1ccn2c(=O)cc(CN3C(=O)NC4(CCSC4)C3=O)nc2c1. The van der Waals surface area contributed by atoms with Gasteiger partial charge in [-0.15, -0.1) is 0 Å². The summed E-state index contributed by atoms with van der Waals surface area (Å²) in [4.78, 5) is 42.7. The molecule has 2 fully saturated rings. The van der Waals surface area contributed by atoms with Gasteiger partial charge in [0.05, 0.1) is 12.2 Å². The number of thioether (sulfide) groups is 1. The Kier molecular flexibility index (Phi) is 3.38. The average molecular weight is 344 g/mol. The zero-order valence-electron chi connectivity index (χ0n) is 13.1. The number of hydrogen-bond acceptors (Lipinski definition) is 5. The van der Waals surface area contributed by atoms with Crippen LogP contribution in [0.25, 0.3) is 5.65 Å². The molecule has 2 saturated heterocycles. The number of pyridine rings is 1. The number of nitrogens with one attached hydrogen (secondary N) is 1. The molecule has 7 nitrogen and oxygen atoms in total. The molecule has 0 saturated carbocycles. The molecule has 1 spiro atoms. The number of carbonyl (C=O) groups excluding carboxylic acids is 2. The summed E-state index contributed by atoms with van der Waals surface area (Å²) in [5.41, 5.74) is 0.904. The number of amides is 3. The fourth-order valence-corrected chi connectivity index (χ4v) is 4.47. The van der Waals surface area contributed by atoms with Crippen LogP contribution in [0.2, 0.25) is 0 Å². The van der Waals surface area contributed by atoms with Crippen LogP contribution in [0, 0.1) is 6.92 Å². The number of hydrogen-bond donors (Lipinski definition) is 1. The molecular formula is C16H16N4O3S. The maximum Gasteiger partial charge on any atom is 0.325 e. The van der Waals surface area contributed by atoms with E-state index < -0.39 is 11.6 Å². The van der Waals surface area contributed by atoms with Crippen molar-refractivity contribution >= 4 is 29.3 Å². The van der Waals surface area contributed by atoms with Crippen LogP contribution < -0.4 is 10.9 Å². The van der Waals surface area contributed by atoms with E-state index in [9.17, 15) is 14.4 Å². The predicted octanol–water partition coefficient (Wildman–Crippen LogP) is 0.930. The molecule has 0 aliphatic carbocycles. The molecule has 0 bridgehead atoms. The van der Waals surface area contributed by atoms with Crippen LogP contribution >= 0.6 is 11.8 Å². The second-order valence-electron chi connectivity index (χ2n) is 6.22. The van der Waals surface area contributed by atoms with E-state index in [0.29, 0.717) is 23.5 Å². The lowest BCUT2D eigenvalue weighted by atomic mass is 9.99. The van der Waals surface area contributed by atoms with E-state index in [-0.39, 0.29) is 18.0 Å². The summed E-state index contributed by atoms with van der Waals surface area (Å²) in [5, 5.41) is 2.82. The molecule has 2 aliphatic heterocycles. The summed E-state index contributed by atoms with van der Waals surface area (Å²) in [5.74, 6) is 1.24. The van der Waals surface area contributed by atoms with Crippen LogP contribution in [0.15, 0.2) is 29.2 Å². The quantitative estimate of drug-likeness (QED) is 0.820. The topological polar surface area (TPSA) is 83.8 Å². The highest BCUT2D eigenvalue weighted by atomic mass is 32.2. The maximum atomic E-state index is 12.7. The van der Waals surface area contributed by atoms with Gasteiger partial charge in [0, 0.05) is 18.0 Å². The van der Waals surface area contributed by atoms with E-state index in [4.69, 9.17) is 0 Å². The molecule has 0 aromatic carbocycles. The van der Waals surface area contributed by atoms with Crippen LogP contribution in [-0.2, 0) is 11.3 Å². The Morgan fingerprint density at radius 3 is 2.92 bits per heavy atom. The first-order chi connectivity index (χ1) is 11.5. The van der Waals surface area contributed by atoms with Gasteiger partial charge < -0.3 is 5.32 Å². The number of aryl methyl sites for hydroxylation is 1. The molecule has 124 valence electrons. The Labute approximate surface area is 142 Å². The highest BCUT2D eigenvalue weighted by Crippen LogP contribution is 2.33. The van der Waals surface area contributed by atoms with Crippen LogP contribution in [0.3, 0.4) is 0 Å². The second kappa shape index (κ2) is 5.34. The Morgan fingerprint density at radius 1 is 1.33 bits per heavy atom. The first kappa shape index (κ1) is 15.2.